The Morgan fingerprint density at radius 3 is 2.69 bits per heavy atom. The molecule has 1 aliphatic heterocycles. The summed E-state index contributed by atoms with van der Waals surface area (Å²) in [6.45, 7) is 5.60. The lowest BCUT2D eigenvalue weighted by atomic mass is 9.96. The molecule has 0 bridgehead atoms. The summed E-state index contributed by atoms with van der Waals surface area (Å²) in [6.07, 6.45) is 5.08. The van der Waals surface area contributed by atoms with Crippen molar-refractivity contribution in [2.45, 2.75) is 51.3 Å². The summed E-state index contributed by atoms with van der Waals surface area (Å²) in [6, 6.07) is 0.689. The molecule has 1 aliphatic carbocycles. The zero-order chi connectivity index (χ0) is 9.47. The molecule has 1 heterocycles. The molecule has 13 heavy (non-hydrogen) atoms. The average molecular weight is 183 g/mol. The monoisotopic (exact) mass is 183 g/mol. The second-order valence-corrected chi connectivity index (χ2v) is 4.74. The van der Waals surface area contributed by atoms with Crippen molar-refractivity contribution in [1.29, 1.82) is 0 Å². The highest BCUT2D eigenvalue weighted by Gasteiger charge is 2.47. The molecular formula is C11H21NO. The fourth-order valence-electron chi connectivity index (χ4n) is 2.95. The topological polar surface area (TPSA) is 12.5 Å². The Kier molecular flexibility index (Phi) is 2.37. The third-order valence-corrected chi connectivity index (χ3v) is 4.09. The standard InChI is InChI=1S/C11H21NO/c1-9-5-4-7-11(9)12(3)10(2)6-8-13-11/h9-10H,4-8H2,1-3H3. The molecule has 0 aromatic heterocycles. The van der Waals surface area contributed by atoms with Crippen LogP contribution in [0.1, 0.15) is 39.5 Å². The fourth-order valence-corrected chi connectivity index (χ4v) is 2.95. The second-order valence-electron chi connectivity index (χ2n) is 4.74. The minimum absolute atomic E-state index is 0.0949. The van der Waals surface area contributed by atoms with E-state index < -0.39 is 0 Å². The lowest BCUT2D eigenvalue weighted by Crippen LogP contribution is -2.57. The Balaban J connectivity index is 2.19. The Hall–Kier alpha value is -0.0800. The largest absolute Gasteiger partial charge is 0.360 e. The first-order valence-corrected chi connectivity index (χ1v) is 5.54. The first-order chi connectivity index (χ1) is 6.17. The van der Waals surface area contributed by atoms with Crippen molar-refractivity contribution >= 4 is 0 Å². The summed E-state index contributed by atoms with van der Waals surface area (Å²) in [5.41, 5.74) is 0.0949. The molecule has 0 N–H and O–H groups in total. The van der Waals surface area contributed by atoms with Crippen molar-refractivity contribution < 1.29 is 4.74 Å². The van der Waals surface area contributed by atoms with E-state index >= 15 is 0 Å². The Labute approximate surface area is 81.3 Å². The van der Waals surface area contributed by atoms with E-state index in [0.717, 1.165) is 6.61 Å². The van der Waals surface area contributed by atoms with Gasteiger partial charge < -0.3 is 4.74 Å². The molecule has 0 aromatic rings. The van der Waals surface area contributed by atoms with Gasteiger partial charge in [-0.2, -0.15) is 0 Å². The van der Waals surface area contributed by atoms with Crippen LogP contribution in [-0.2, 0) is 4.74 Å². The molecule has 1 spiro atoms. The summed E-state index contributed by atoms with van der Waals surface area (Å²) in [5, 5.41) is 0. The van der Waals surface area contributed by atoms with Gasteiger partial charge in [0.2, 0.25) is 0 Å². The van der Waals surface area contributed by atoms with E-state index in [9.17, 15) is 0 Å². The number of hydrogen-bond acceptors (Lipinski definition) is 2. The maximum absolute atomic E-state index is 6.05. The first kappa shape index (κ1) is 9.47. The third kappa shape index (κ3) is 1.31. The summed E-state index contributed by atoms with van der Waals surface area (Å²) in [7, 11) is 2.23. The van der Waals surface area contributed by atoms with Crippen LogP contribution in [0.4, 0.5) is 0 Å². The Morgan fingerprint density at radius 1 is 1.31 bits per heavy atom. The molecule has 3 atom stereocenters. The van der Waals surface area contributed by atoms with Gasteiger partial charge in [0.1, 0.15) is 5.72 Å². The van der Waals surface area contributed by atoms with Crippen LogP contribution in [0.2, 0.25) is 0 Å². The summed E-state index contributed by atoms with van der Waals surface area (Å²) in [5.74, 6) is 0.709. The highest BCUT2D eigenvalue weighted by Crippen LogP contribution is 2.43. The molecule has 2 rings (SSSR count). The van der Waals surface area contributed by atoms with E-state index in [-0.39, 0.29) is 5.72 Å². The fraction of sp³-hybridized carbons (Fsp3) is 1.00. The Bertz CT molecular complexity index is 195. The first-order valence-electron chi connectivity index (χ1n) is 5.54. The van der Waals surface area contributed by atoms with Gasteiger partial charge in [0.15, 0.2) is 0 Å². The van der Waals surface area contributed by atoms with Gasteiger partial charge in [-0.05, 0) is 45.6 Å². The van der Waals surface area contributed by atoms with Gasteiger partial charge in [0, 0.05) is 6.04 Å². The molecule has 1 saturated carbocycles. The van der Waals surface area contributed by atoms with Crippen LogP contribution in [0.15, 0.2) is 0 Å². The number of ether oxygens (including phenoxy) is 1. The molecule has 3 unspecified atom stereocenters. The molecule has 0 radical (unpaired) electrons. The SMILES string of the molecule is CC1CCOC2(CCCC2C)N1C. The van der Waals surface area contributed by atoms with Gasteiger partial charge in [0.25, 0.3) is 0 Å². The van der Waals surface area contributed by atoms with E-state index in [1.54, 1.807) is 0 Å². The van der Waals surface area contributed by atoms with Crippen LogP contribution in [0.3, 0.4) is 0 Å². The highest BCUT2D eigenvalue weighted by molar-refractivity contribution is 4.94. The molecule has 2 aliphatic rings. The van der Waals surface area contributed by atoms with Crippen molar-refractivity contribution in [3.8, 4) is 0 Å². The van der Waals surface area contributed by atoms with E-state index in [2.05, 4.69) is 25.8 Å². The van der Waals surface area contributed by atoms with Crippen LogP contribution >= 0.6 is 0 Å². The zero-order valence-electron chi connectivity index (χ0n) is 9.05. The average Bonchev–Trinajstić information content (AvgIpc) is 2.45. The normalized spacial score (nSPS) is 47.3. The number of nitrogens with zero attached hydrogens (tertiary/aromatic N) is 1. The lowest BCUT2D eigenvalue weighted by molar-refractivity contribution is -0.210. The van der Waals surface area contributed by atoms with E-state index in [0.29, 0.717) is 12.0 Å². The van der Waals surface area contributed by atoms with Gasteiger partial charge >= 0.3 is 0 Å². The molecular weight excluding hydrogens is 162 g/mol. The molecule has 2 nitrogen and oxygen atoms in total. The number of rotatable bonds is 0. The van der Waals surface area contributed by atoms with Crippen molar-refractivity contribution in [2.24, 2.45) is 5.92 Å². The van der Waals surface area contributed by atoms with Gasteiger partial charge in [-0.1, -0.05) is 6.92 Å². The quantitative estimate of drug-likeness (QED) is 0.571. The molecule has 0 aromatic carbocycles. The Morgan fingerprint density at radius 2 is 2.08 bits per heavy atom. The zero-order valence-corrected chi connectivity index (χ0v) is 9.05. The molecule has 1 saturated heterocycles. The lowest BCUT2D eigenvalue weighted by Gasteiger charge is -2.49. The van der Waals surface area contributed by atoms with Crippen LogP contribution < -0.4 is 0 Å². The van der Waals surface area contributed by atoms with Crippen LogP contribution in [0, 0.1) is 5.92 Å². The predicted molar refractivity (Wildman–Crippen MR) is 53.5 cm³/mol. The molecule has 2 fully saturated rings. The van der Waals surface area contributed by atoms with Crippen LogP contribution in [0.5, 0.6) is 0 Å². The van der Waals surface area contributed by atoms with E-state index in [4.69, 9.17) is 4.74 Å². The maximum Gasteiger partial charge on any atom is 0.124 e. The summed E-state index contributed by atoms with van der Waals surface area (Å²) in [4.78, 5) is 2.47. The van der Waals surface area contributed by atoms with Gasteiger partial charge in [-0.15, -0.1) is 0 Å². The molecule has 76 valence electrons. The minimum atomic E-state index is 0.0949. The van der Waals surface area contributed by atoms with Gasteiger partial charge in [0.05, 0.1) is 6.61 Å². The number of hydrogen-bond donors (Lipinski definition) is 0. The second kappa shape index (κ2) is 3.25. The summed E-state index contributed by atoms with van der Waals surface area (Å²) >= 11 is 0. The van der Waals surface area contributed by atoms with E-state index in [1.165, 1.54) is 25.7 Å². The van der Waals surface area contributed by atoms with E-state index in [1.807, 2.05) is 0 Å². The van der Waals surface area contributed by atoms with Crippen LogP contribution in [0.25, 0.3) is 0 Å². The molecule has 0 amide bonds. The smallest absolute Gasteiger partial charge is 0.124 e. The summed E-state index contributed by atoms with van der Waals surface area (Å²) < 4.78 is 6.05. The van der Waals surface area contributed by atoms with Gasteiger partial charge in [-0.3, -0.25) is 4.90 Å². The maximum atomic E-state index is 6.05. The minimum Gasteiger partial charge on any atom is -0.360 e. The van der Waals surface area contributed by atoms with Crippen molar-refractivity contribution in [3.63, 3.8) is 0 Å². The van der Waals surface area contributed by atoms with Crippen LogP contribution in [-0.4, -0.2) is 30.3 Å². The van der Waals surface area contributed by atoms with Gasteiger partial charge in [-0.25, -0.2) is 0 Å². The van der Waals surface area contributed by atoms with Crippen molar-refractivity contribution in [3.05, 3.63) is 0 Å². The molecule has 2 heteroatoms. The highest BCUT2D eigenvalue weighted by atomic mass is 16.5. The van der Waals surface area contributed by atoms with Crippen molar-refractivity contribution in [2.75, 3.05) is 13.7 Å². The predicted octanol–water partition coefficient (Wildman–Crippen LogP) is 2.24. The third-order valence-electron chi connectivity index (χ3n) is 4.09. The van der Waals surface area contributed by atoms with Crippen molar-refractivity contribution in [1.82, 2.24) is 4.90 Å².